The predicted octanol–water partition coefficient (Wildman–Crippen LogP) is 9.19. The fourth-order valence-electron chi connectivity index (χ4n) is 4.70. The lowest BCUT2D eigenvalue weighted by molar-refractivity contribution is -0.116. The third-order valence-corrected chi connectivity index (χ3v) is 9.16. The van der Waals surface area contributed by atoms with Crippen molar-refractivity contribution in [3.8, 4) is 5.75 Å². The molecule has 10 heteroatoms. The van der Waals surface area contributed by atoms with Gasteiger partial charge in [-0.3, -0.25) is 14.4 Å². The number of aryl methyl sites for hydroxylation is 1. The van der Waals surface area contributed by atoms with Gasteiger partial charge in [-0.05, 0) is 72.2 Å². The molecule has 0 spiro atoms. The van der Waals surface area contributed by atoms with Crippen molar-refractivity contribution in [2.45, 2.75) is 17.1 Å². The number of benzene rings is 5. The fraction of sp³-hybridized carbons (Fsp3) is 0.0789. The van der Waals surface area contributed by atoms with E-state index in [1.807, 2.05) is 43.3 Å². The van der Waals surface area contributed by atoms with E-state index in [1.165, 1.54) is 24.9 Å². The average molecular weight is 697 g/mol. The molecular formula is C38H31Cl2N3O4S. The van der Waals surface area contributed by atoms with Crippen LogP contribution in [0, 0.1) is 6.92 Å². The van der Waals surface area contributed by atoms with Gasteiger partial charge in [-0.25, -0.2) is 0 Å². The van der Waals surface area contributed by atoms with E-state index < -0.39 is 17.1 Å². The van der Waals surface area contributed by atoms with Crippen LogP contribution in [0.3, 0.4) is 0 Å². The lowest BCUT2D eigenvalue weighted by Crippen LogP contribution is -2.30. The van der Waals surface area contributed by atoms with Crippen LogP contribution in [0.25, 0.3) is 6.08 Å². The van der Waals surface area contributed by atoms with E-state index in [0.717, 1.165) is 16.0 Å². The zero-order valence-corrected chi connectivity index (χ0v) is 28.3. The van der Waals surface area contributed by atoms with Crippen molar-refractivity contribution in [2.24, 2.45) is 0 Å². The summed E-state index contributed by atoms with van der Waals surface area (Å²) in [5.41, 5.74) is 3.50. The molecule has 0 fully saturated rings. The summed E-state index contributed by atoms with van der Waals surface area (Å²) in [6, 6.07) is 35.6. The molecule has 7 nitrogen and oxygen atoms in total. The Balaban J connectivity index is 1.40. The number of hydrogen-bond acceptors (Lipinski definition) is 5. The Labute approximate surface area is 293 Å². The minimum atomic E-state index is -0.654. The number of thioether (sulfide) groups is 1. The van der Waals surface area contributed by atoms with Crippen molar-refractivity contribution in [3.63, 3.8) is 0 Å². The monoisotopic (exact) mass is 695 g/mol. The lowest BCUT2D eigenvalue weighted by Gasteiger charge is -2.19. The van der Waals surface area contributed by atoms with Crippen molar-refractivity contribution in [1.29, 1.82) is 0 Å². The fourth-order valence-corrected chi connectivity index (χ4v) is 6.13. The molecule has 0 heterocycles. The van der Waals surface area contributed by atoms with Crippen molar-refractivity contribution >= 4 is 70.1 Å². The molecule has 0 aliphatic heterocycles. The number of carbonyl (C=O) groups excluding carboxylic acids is 3. The summed E-state index contributed by atoms with van der Waals surface area (Å²) >= 11 is 14.0. The second kappa shape index (κ2) is 16.2. The number of rotatable bonds is 11. The van der Waals surface area contributed by atoms with Gasteiger partial charge in [0, 0.05) is 32.3 Å². The Hall–Kier alpha value is -5.02. The number of nitrogens with one attached hydrogen (secondary N) is 3. The molecule has 0 bridgehead atoms. The topological polar surface area (TPSA) is 96.5 Å². The molecule has 48 heavy (non-hydrogen) atoms. The lowest BCUT2D eigenvalue weighted by atomic mass is 10.1. The summed E-state index contributed by atoms with van der Waals surface area (Å²) in [6.07, 6.45) is 1.53. The van der Waals surface area contributed by atoms with Crippen LogP contribution < -0.4 is 20.7 Å². The van der Waals surface area contributed by atoms with Crippen LogP contribution in [0.5, 0.6) is 5.75 Å². The molecule has 242 valence electrons. The van der Waals surface area contributed by atoms with Crippen LogP contribution in [0.2, 0.25) is 10.0 Å². The van der Waals surface area contributed by atoms with Crippen LogP contribution in [0.15, 0.2) is 132 Å². The van der Waals surface area contributed by atoms with Crippen LogP contribution in [-0.2, 0) is 9.59 Å². The van der Waals surface area contributed by atoms with E-state index in [-0.39, 0.29) is 11.6 Å². The SMILES string of the molecule is COc1cc(Cl)c(C)cc1NC(=O)C(Sc1cccc(NC(=O)/C(=C\c2ccccc2Cl)NC(=O)c2ccccc2)c1)c1ccccc1. The first-order chi connectivity index (χ1) is 23.2. The largest absolute Gasteiger partial charge is 0.495 e. The van der Waals surface area contributed by atoms with E-state index in [1.54, 1.807) is 84.9 Å². The zero-order valence-electron chi connectivity index (χ0n) is 26.0. The minimum absolute atomic E-state index is 0.00348. The summed E-state index contributed by atoms with van der Waals surface area (Å²) in [5, 5.41) is 8.90. The Bertz CT molecular complexity index is 1970. The first-order valence-electron chi connectivity index (χ1n) is 14.8. The van der Waals surface area contributed by atoms with Crippen molar-refractivity contribution < 1.29 is 19.1 Å². The number of halogens is 2. The maximum atomic E-state index is 13.8. The molecule has 5 rings (SSSR count). The van der Waals surface area contributed by atoms with E-state index in [9.17, 15) is 14.4 Å². The highest BCUT2D eigenvalue weighted by atomic mass is 35.5. The molecule has 0 aliphatic rings. The van der Waals surface area contributed by atoms with Gasteiger partial charge in [0.2, 0.25) is 5.91 Å². The summed E-state index contributed by atoms with van der Waals surface area (Å²) in [6.45, 7) is 1.85. The molecule has 0 aliphatic carbocycles. The second-order valence-electron chi connectivity index (χ2n) is 10.6. The second-order valence-corrected chi connectivity index (χ2v) is 12.6. The molecule has 0 saturated carbocycles. The Morgan fingerprint density at radius 2 is 1.46 bits per heavy atom. The molecule has 0 saturated heterocycles. The number of methoxy groups -OCH3 is 1. The maximum Gasteiger partial charge on any atom is 0.272 e. The third-order valence-electron chi connectivity index (χ3n) is 7.16. The molecule has 3 amide bonds. The van der Waals surface area contributed by atoms with E-state index in [2.05, 4.69) is 16.0 Å². The van der Waals surface area contributed by atoms with Gasteiger partial charge in [0.1, 0.15) is 16.7 Å². The summed E-state index contributed by atoms with van der Waals surface area (Å²) in [7, 11) is 1.52. The number of ether oxygens (including phenoxy) is 1. The highest BCUT2D eigenvalue weighted by molar-refractivity contribution is 8.00. The molecule has 5 aromatic carbocycles. The van der Waals surface area contributed by atoms with Crippen LogP contribution in [0.1, 0.15) is 32.3 Å². The Morgan fingerprint density at radius 1 is 0.771 bits per heavy atom. The normalized spacial score (nSPS) is 11.7. The van der Waals surface area contributed by atoms with E-state index in [0.29, 0.717) is 38.3 Å². The molecule has 1 atom stereocenters. The summed E-state index contributed by atoms with van der Waals surface area (Å²) in [4.78, 5) is 41.2. The van der Waals surface area contributed by atoms with E-state index in [4.69, 9.17) is 27.9 Å². The zero-order chi connectivity index (χ0) is 34.0. The van der Waals surface area contributed by atoms with Gasteiger partial charge in [-0.15, -0.1) is 11.8 Å². The number of carbonyl (C=O) groups is 3. The summed E-state index contributed by atoms with van der Waals surface area (Å²) in [5.74, 6) is -0.823. The van der Waals surface area contributed by atoms with Gasteiger partial charge in [0.25, 0.3) is 11.8 Å². The van der Waals surface area contributed by atoms with Gasteiger partial charge >= 0.3 is 0 Å². The highest BCUT2D eigenvalue weighted by Crippen LogP contribution is 2.39. The van der Waals surface area contributed by atoms with Gasteiger partial charge in [-0.1, -0.05) is 96.0 Å². The molecular weight excluding hydrogens is 665 g/mol. The molecule has 3 N–H and O–H groups in total. The predicted molar refractivity (Wildman–Crippen MR) is 195 cm³/mol. The van der Waals surface area contributed by atoms with Crippen LogP contribution in [-0.4, -0.2) is 24.8 Å². The van der Waals surface area contributed by atoms with Gasteiger partial charge in [0.05, 0.1) is 12.8 Å². The number of amides is 3. The third kappa shape index (κ3) is 8.86. The smallest absolute Gasteiger partial charge is 0.272 e. The first-order valence-corrected chi connectivity index (χ1v) is 16.5. The highest BCUT2D eigenvalue weighted by Gasteiger charge is 2.24. The summed E-state index contributed by atoms with van der Waals surface area (Å²) < 4.78 is 5.47. The van der Waals surface area contributed by atoms with Crippen molar-refractivity contribution in [3.05, 3.63) is 159 Å². The first kappa shape index (κ1) is 34.3. The van der Waals surface area contributed by atoms with Gasteiger partial charge < -0.3 is 20.7 Å². The number of hydrogen-bond donors (Lipinski definition) is 3. The number of anilines is 2. The molecule has 0 radical (unpaired) electrons. The maximum absolute atomic E-state index is 13.8. The molecule has 5 aromatic rings. The average Bonchev–Trinajstić information content (AvgIpc) is 3.10. The minimum Gasteiger partial charge on any atom is -0.495 e. The molecule has 0 aromatic heterocycles. The van der Waals surface area contributed by atoms with Crippen molar-refractivity contribution in [2.75, 3.05) is 17.7 Å². The standard InChI is InChI=1S/C38H31Cl2N3O4S/c1-24-20-32(34(47-2)23-31(24)40)42-38(46)35(25-12-5-3-6-13-25)48-29-18-11-17-28(22-29)41-37(45)33(21-27-16-9-10-19-30(27)39)43-36(44)26-14-7-4-8-15-26/h3-23,35H,1-2H3,(H,41,45)(H,42,46)(H,43,44)/b33-21+. The van der Waals surface area contributed by atoms with Gasteiger partial charge in [0.15, 0.2) is 0 Å². The Morgan fingerprint density at radius 3 is 2.17 bits per heavy atom. The van der Waals surface area contributed by atoms with E-state index >= 15 is 0 Å². The van der Waals surface area contributed by atoms with Crippen LogP contribution >= 0.6 is 35.0 Å². The van der Waals surface area contributed by atoms with Crippen LogP contribution in [0.4, 0.5) is 11.4 Å². The Kier molecular flexibility index (Phi) is 11.6. The molecule has 1 unspecified atom stereocenters. The van der Waals surface area contributed by atoms with Gasteiger partial charge in [-0.2, -0.15) is 0 Å². The quantitative estimate of drug-likeness (QED) is 0.0946. The van der Waals surface area contributed by atoms with Crippen molar-refractivity contribution in [1.82, 2.24) is 5.32 Å².